The Labute approximate surface area is 147 Å². The van der Waals surface area contributed by atoms with E-state index in [0.29, 0.717) is 16.8 Å². The molecule has 2 aromatic rings. The molecule has 0 aliphatic carbocycles. The van der Waals surface area contributed by atoms with Crippen molar-refractivity contribution in [2.24, 2.45) is 4.40 Å². The minimum absolute atomic E-state index is 0.162. The van der Waals surface area contributed by atoms with Crippen LogP contribution in [-0.2, 0) is 10.0 Å². The molecule has 3 rings (SSSR count). The van der Waals surface area contributed by atoms with E-state index < -0.39 is 10.0 Å². The van der Waals surface area contributed by atoms with E-state index in [1.807, 2.05) is 20.8 Å². The molecule has 1 aliphatic heterocycles. The van der Waals surface area contributed by atoms with Crippen LogP contribution in [0.15, 0.2) is 57.8 Å². The number of hydrogen-bond acceptors (Lipinski definition) is 4. The van der Waals surface area contributed by atoms with Crippen LogP contribution in [-0.4, -0.2) is 25.7 Å². The van der Waals surface area contributed by atoms with Crippen LogP contribution in [0.5, 0.6) is 0 Å². The third-order valence-corrected chi connectivity index (χ3v) is 4.86. The van der Waals surface area contributed by atoms with E-state index in [9.17, 15) is 13.2 Å². The van der Waals surface area contributed by atoms with Gasteiger partial charge in [0.2, 0.25) is 0 Å². The summed E-state index contributed by atoms with van der Waals surface area (Å²) in [5.41, 5.74) is 1.40. The number of nitrogens with one attached hydrogen (secondary N) is 2. The monoisotopic (exact) mass is 357 g/mol. The molecule has 0 spiro atoms. The van der Waals surface area contributed by atoms with Crippen LogP contribution in [0.4, 0.5) is 5.69 Å². The van der Waals surface area contributed by atoms with Gasteiger partial charge in [0.25, 0.3) is 15.9 Å². The van der Waals surface area contributed by atoms with E-state index >= 15 is 0 Å². The van der Waals surface area contributed by atoms with E-state index in [1.54, 1.807) is 42.5 Å². The maximum absolute atomic E-state index is 12.1. The van der Waals surface area contributed by atoms with Gasteiger partial charge >= 0.3 is 0 Å². The molecule has 0 saturated heterocycles. The summed E-state index contributed by atoms with van der Waals surface area (Å²) in [4.78, 5) is 12.3. The molecule has 0 atom stereocenters. The summed E-state index contributed by atoms with van der Waals surface area (Å²) < 4.78 is 27.9. The first-order valence-electron chi connectivity index (χ1n) is 7.80. The maximum Gasteiger partial charge on any atom is 0.285 e. The Bertz CT molecular complexity index is 956. The number of nitrogens with zero attached hydrogens (tertiary/aromatic N) is 1. The number of fused-ring (bicyclic) bond motifs is 1. The van der Waals surface area contributed by atoms with Crippen LogP contribution in [0.2, 0.25) is 0 Å². The molecule has 6 nitrogen and oxygen atoms in total. The van der Waals surface area contributed by atoms with E-state index in [2.05, 4.69) is 15.0 Å². The van der Waals surface area contributed by atoms with E-state index in [0.717, 1.165) is 0 Å². The topological polar surface area (TPSA) is 87.6 Å². The molecule has 1 heterocycles. The van der Waals surface area contributed by atoms with Gasteiger partial charge in [-0.2, -0.15) is 8.42 Å². The number of anilines is 1. The Hall–Kier alpha value is -2.67. The zero-order valence-electron chi connectivity index (χ0n) is 14.2. The highest BCUT2D eigenvalue weighted by Gasteiger charge is 2.28. The van der Waals surface area contributed by atoms with Gasteiger partial charge in [-0.25, -0.2) is 0 Å². The van der Waals surface area contributed by atoms with Crippen molar-refractivity contribution < 1.29 is 13.2 Å². The SMILES string of the molecule is CC(C)(C)NC(=O)c1ccc(NC2=NS(=O)(=O)c3ccccc32)cc1. The molecule has 0 aromatic heterocycles. The van der Waals surface area contributed by atoms with Gasteiger partial charge < -0.3 is 10.6 Å². The first kappa shape index (κ1) is 17.2. The molecular weight excluding hydrogens is 338 g/mol. The molecule has 0 saturated carbocycles. The summed E-state index contributed by atoms with van der Waals surface area (Å²) >= 11 is 0. The number of hydrogen-bond donors (Lipinski definition) is 2. The molecule has 7 heteroatoms. The number of amidine groups is 1. The molecule has 2 N–H and O–H groups in total. The Morgan fingerprint density at radius 3 is 2.28 bits per heavy atom. The average Bonchev–Trinajstić information content (AvgIpc) is 2.78. The van der Waals surface area contributed by atoms with Crippen molar-refractivity contribution in [2.45, 2.75) is 31.2 Å². The molecule has 1 amide bonds. The van der Waals surface area contributed by atoms with Crippen LogP contribution in [0.25, 0.3) is 0 Å². The summed E-state index contributed by atoms with van der Waals surface area (Å²) in [5, 5.41) is 5.90. The van der Waals surface area contributed by atoms with Gasteiger partial charge in [-0.05, 0) is 57.2 Å². The number of sulfonamides is 1. The predicted molar refractivity (Wildman–Crippen MR) is 97.4 cm³/mol. The lowest BCUT2D eigenvalue weighted by atomic mass is 10.1. The molecule has 0 bridgehead atoms. The largest absolute Gasteiger partial charge is 0.347 e. The van der Waals surface area contributed by atoms with Gasteiger partial charge in [-0.3, -0.25) is 4.79 Å². The lowest BCUT2D eigenvalue weighted by molar-refractivity contribution is 0.0919. The third-order valence-electron chi connectivity index (χ3n) is 3.53. The van der Waals surface area contributed by atoms with Crippen LogP contribution >= 0.6 is 0 Å². The van der Waals surface area contributed by atoms with Crippen LogP contribution in [0, 0.1) is 0 Å². The number of carbonyl (C=O) groups excluding carboxylic acids is 1. The zero-order chi connectivity index (χ0) is 18.2. The van der Waals surface area contributed by atoms with E-state index in [-0.39, 0.29) is 22.2 Å². The van der Waals surface area contributed by atoms with Gasteiger partial charge in [0.05, 0.1) is 0 Å². The smallest absolute Gasteiger partial charge is 0.285 e. The molecular formula is C18H19N3O3S. The first-order valence-corrected chi connectivity index (χ1v) is 9.24. The first-order chi connectivity index (χ1) is 11.7. The van der Waals surface area contributed by atoms with Crippen LogP contribution in [0.3, 0.4) is 0 Å². The quantitative estimate of drug-likeness (QED) is 0.865. The lowest BCUT2D eigenvalue weighted by Gasteiger charge is -2.20. The second-order valence-electron chi connectivity index (χ2n) is 6.82. The molecule has 0 unspecified atom stereocenters. The van der Waals surface area contributed by atoms with Gasteiger partial charge in [0, 0.05) is 22.4 Å². The number of rotatable bonds is 2. The fourth-order valence-electron chi connectivity index (χ4n) is 2.45. The van der Waals surface area contributed by atoms with Crippen molar-refractivity contribution in [1.29, 1.82) is 0 Å². The number of benzene rings is 2. The van der Waals surface area contributed by atoms with E-state index in [1.165, 1.54) is 6.07 Å². The van der Waals surface area contributed by atoms with Gasteiger partial charge in [0.1, 0.15) is 4.90 Å². The number of amides is 1. The third kappa shape index (κ3) is 3.71. The molecule has 130 valence electrons. The molecule has 0 radical (unpaired) electrons. The normalized spacial score (nSPS) is 15.2. The van der Waals surface area contributed by atoms with Gasteiger partial charge in [-0.15, -0.1) is 4.40 Å². The lowest BCUT2D eigenvalue weighted by Crippen LogP contribution is -2.40. The zero-order valence-corrected chi connectivity index (χ0v) is 15.0. The van der Waals surface area contributed by atoms with Crippen LogP contribution < -0.4 is 10.6 Å². The van der Waals surface area contributed by atoms with Crippen molar-refractivity contribution in [3.63, 3.8) is 0 Å². The van der Waals surface area contributed by atoms with Crippen molar-refractivity contribution in [1.82, 2.24) is 5.32 Å². The fraction of sp³-hybridized carbons (Fsp3) is 0.222. The second-order valence-corrected chi connectivity index (χ2v) is 8.39. The van der Waals surface area contributed by atoms with Crippen molar-refractivity contribution >= 4 is 27.5 Å². The summed E-state index contributed by atoms with van der Waals surface area (Å²) in [7, 11) is -3.66. The molecule has 1 aliphatic rings. The molecule has 25 heavy (non-hydrogen) atoms. The Morgan fingerprint density at radius 1 is 1.00 bits per heavy atom. The maximum atomic E-state index is 12.1. The Morgan fingerprint density at radius 2 is 1.64 bits per heavy atom. The minimum Gasteiger partial charge on any atom is -0.347 e. The number of carbonyl (C=O) groups is 1. The summed E-state index contributed by atoms with van der Waals surface area (Å²) in [6.07, 6.45) is 0. The average molecular weight is 357 g/mol. The standard InChI is InChI=1S/C18H19N3O3S/c1-18(2,3)20-17(22)12-8-10-13(11-9-12)19-16-14-6-4-5-7-15(14)25(23,24)21-16/h4-11H,1-3H3,(H,19,21)(H,20,22). The van der Waals surface area contributed by atoms with Crippen molar-refractivity contribution in [2.75, 3.05) is 5.32 Å². The highest BCUT2D eigenvalue weighted by atomic mass is 32.2. The van der Waals surface area contributed by atoms with Crippen LogP contribution in [0.1, 0.15) is 36.7 Å². The van der Waals surface area contributed by atoms with Crippen molar-refractivity contribution in [3.8, 4) is 0 Å². The highest BCUT2D eigenvalue weighted by Crippen LogP contribution is 2.26. The fourth-order valence-corrected chi connectivity index (χ4v) is 3.63. The van der Waals surface area contributed by atoms with Gasteiger partial charge in [-0.1, -0.05) is 12.1 Å². The van der Waals surface area contributed by atoms with Gasteiger partial charge in [0.15, 0.2) is 5.84 Å². The predicted octanol–water partition coefficient (Wildman–Crippen LogP) is 2.78. The highest BCUT2D eigenvalue weighted by molar-refractivity contribution is 7.90. The Kier molecular flexibility index (Phi) is 4.12. The minimum atomic E-state index is -3.66. The van der Waals surface area contributed by atoms with E-state index in [4.69, 9.17) is 0 Å². The molecule has 0 fully saturated rings. The summed E-state index contributed by atoms with van der Waals surface area (Å²) in [5.74, 6) is 0.118. The van der Waals surface area contributed by atoms with Crippen molar-refractivity contribution in [3.05, 3.63) is 59.7 Å². The summed E-state index contributed by atoms with van der Waals surface area (Å²) in [6, 6.07) is 13.5. The molecule has 2 aromatic carbocycles. The summed E-state index contributed by atoms with van der Waals surface area (Å²) in [6.45, 7) is 5.74. The second kappa shape index (κ2) is 6.00. The Balaban J connectivity index is 1.80.